The van der Waals surface area contributed by atoms with Gasteiger partial charge in [0.2, 0.25) is 5.91 Å². The monoisotopic (exact) mass is 630 g/mol. The maximum atomic E-state index is 14.5. The highest BCUT2D eigenvalue weighted by molar-refractivity contribution is 6.34. The first-order valence-corrected chi connectivity index (χ1v) is 15.0. The number of ether oxygens (including phenoxy) is 1. The first-order valence-electron chi connectivity index (χ1n) is 14.3. The van der Waals surface area contributed by atoms with E-state index in [0.717, 1.165) is 17.7 Å². The van der Waals surface area contributed by atoms with Crippen LogP contribution in [0.15, 0.2) is 85.1 Å². The van der Waals surface area contributed by atoms with E-state index in [1.807, 2.05) is 30.3 Å². The maximum absolute atomic E-state index is 14.5. The molecule has 10 heteroatoms. The molecular weight excluding hydrogens is 599 g/mol. The number of hydrogen-bond acceptors (Lipinski definition) is 5. The number of primary amides is 1. The standard InChI is InChI=1S/C34H32Cl2N4O4/c1-44-31-19-25(39-33(42)26-7-2-3-8-28(26)36)14-15-27(31)34(43)40-29-16-12-23(35)18-22(29)10-9-21(30(40)20-32(37)41)11-13-24-6-4-5-17-38-24/h2-8,12,14-19,21,30H,9-11,13,20H2,1H3,(H2,37,41)(H,39,42). The summed E-state index contributed by atoms with van der Waals surface area (Å²) in [6.45, 7) is 0. The van der Waals surface area contributed by atoms with E-state index >= 15 is 0 Å². The molecule has 5 rings (SSSR count). The highest BCUT2D eigenvalue weighted by atomic mass is 35.5. The molecule has 8 nitrogen and oxygen atoms in total. The number of pyridine rings is 1. The third kappa shape index (κ3) is 7.04. The van der Waals surface area contributed by atoms with E-state index in [2.05, 4.69) is 10.3 Å². The molecule has 0 aliphatic carbocycles. The Hall–Kier alpha value is -4.40. The molecule has 2 heterocycles. The number of benzene rings is 3. The lowest BCUT2D eigenvalue weighted by Crippen LogP contribution is -2.46. The van der Waals surface area contributed by atoms with Gasteiger partial charge in [-0.3, -0.25) is 19.4 Å². The summed E-state index contributed by atoms with van der Waals surface area (Å²) in [5, 5.41) is 3.70. The van der Waals surface area contributed by atoms with Gasteiger partial charge in [0.05, 0.1) is 23.3 Å². The molecule has 226 valence electrons. The molecule has 3 amide bonds. The number of nitrogens with zero attached hydrogens (tertiary/aromatic N) is 2. The lowest BCUT2D eigenvalue weighted by Gasteiger charge is -2.36. The number of methoxy groups -OCH3 is 1. The summed E-state index contributed by atoms with van der Waals surface area (Å²) in [4.78, 5) is 46.0. The highest BCUT2D eigenvalue weighted by Crippen LogP contribution is 2.39. The van der Waals surface area contributed by atoms with E-state index in [0.29, 0.717) is 46.2 Å². The summed E-state index contributed by atoms with van der Waals surface area (Å²) < 4.78 is 5.65. The van der Waals surface area contributed by atoms with Gasteiger partial charge < -0.3 is 20.7 Å². The summed E-state index contributed by atoms with van der Waals surface area (Å²) in [6, 6.07) is 22.2. The number of rotatable bonds is 9. The third-order valence-electron chi connectivity index (χ3n) is 7.90. The molecule has 1 aromatic heterocycles. The zero-order chi connectivity index (χ0) is 31.2. The Balaban J connectivity index is 1.51. The van der Waals surface area contributed by atoms with Crippen molar-refractivity contribution in [2.45, 2.75) is 38.1 Å². The van der Waals surface area contributed by atoms with Crippen LogP contribution in [-0.4, -0.2) is 35.9 Å². The van der Waals surface area contributed by atoms with Crippen molar-refractivity contribution in [3.8, 4) is 5.75 Å². The summed E-state index contributed by atoms with van der Waals surface area (Å²) in [5.74, 6) is -1.05. The van der Waals surface area contributed by atoms with Crippen molar-refractivity contribution in [3.05, 3.63) is 117 Å². The lowest BCUT2D eigenvalue weighted by atomic mass is 9.86. The van der Waals surface area contributed by atoms with Crippen molar-refractivity contribution in [2.75, 3.05) is 17.3 Å². The van der Waals surface area contributed by atoms with E-state index in [9.17, 15) is 14.4 Å². The van der Waals surface area contributed by atoms with Gasteiger partial charge >= 0.3 is 0 Å². The quantitative estimate of drug-likeness (QED) is 0.213. The van der Waals surface area contributed by atoms with Gasteiger partial charge in [-0.05, 0) is 91.8 Å². The Labute approximate surface area is 266 Å². The molecule has 0 fully saturated rings. The Morgan fingerprint density at radius 2 is 1.80 bits per heavy atom. The molecule has 0 bridgehead atoms. The van der Waals surface area contributed by atoms with Crippen molar-refractivity contribution < 1.29 is 19.1 Å². The van der Waals surface area contributed by atoms with Gasteiger partial charge in [-0.15, -0.1) is 0 Å². The van der Waals surface area contributed by atoms with Crippen LogP contribution in [0.3, 0.4) is 0 Å². The largest absolute Gasteiger partial charge is 0.496 e. The number of anilines is 2. The Bertz CT molecular complexity index is 1680. The molecule has 3 aromatic carbocycles. The van der Waals surface area contributed by atoms with Crippen LogP contribution in [0.25, 0.3) is 0 Å². The molecule has 44 heavy (non-hydrogen) atoms. The number of hydrogen-bond donors (Lipinski definition) is 2. The molecule has 3 N–H and O–H groups in total. The summed E-state index contributed by atoms with van der Waals surface area (Å²) in [6.07, 6.45) is 4.52. The predicted octanol–water partition coefficient (Wildman–Crippen LogP) is 6.74. The smallest absolute Gasteiger partial charge is 0.262 e. The first kappa shape index (κ1) is 31.0. The van der Waals surface area contributed by atoms with E-state index in [-0.39, 0.29) is 29.6 Å². The van der Waals surface area contributed by atoms with Crippen molar-refractivity contribution in [1.82, 2.24) is 4.98 Å². The van der Waals surface area contributed by atoms with Crippen LogP contribution in [0, 0.1) is 5.92 Å². The zero-order valence-electron chi connectivity index (χ0n) is 24.1. The number of carbonyl (C=O) groups is 3. The molecule has 1 aliphatic rings. The second-order valence-corrected chi connectivity index (χ2v) is 11.5. The Kier molecular flexibility index (Phi) is 9.82. The molecule has 2 atom stereocenters. The van der Waals surface area contributed by atoms with Gasteiger partial charge in [0.1, 0.15) is 5.75 Å². The van der Waals surface area contributed by atoms with Gasteiger partial charge in [0, 0.05) is 46.8 Å². The second-order valence-electron chi connectivity index (χ2n) is 10.7. The average molecular weight is 632 g/mol. The molecule has 4 aromatic rings. The molecule has 0 saturated heterocycles. The van der Waals surface area contributed by atoms with Crippen LogP contribution in [0.2, 0.25) is 10.0 Å². The molecule has 1 aliphatic heterocycles. The topological polar surface area (TPSA) is 115 Å². The van der Waals surface area contributed by atoms with Crippen molar-refractivity contribution in [3.63, 3.8) is 0 Å². The maximum Gasteiger partial charge on any atom is 0.262 e. The number of carbonyl (C=O) groups excluding carboxylic acids is 3. The number of aryl methyl sites for hydroxylation is 2. The van der Waals surface area contributed by atoms with Gasteiger partial charge in [-0.25, -0.2) is 0 Å². The molecule has 0 spiro atoms. The lowest BCUT2D eigenvalue weighted by molar-refractivity contribution is -0.118. The van der Waals surface area contributed by atoms with E-state index in [1.54, 1.807) is 59.6 Å². The van der Waals surface area contributed by atoms with Crippen molar-refractivity contribution >= 4 is 52.3 Å². The molecule has 0 saturated carbocycles. The average Bonchev–Trinajstić information content (AvgIpc) is 3.16. The van der Waals surface area contributed by atoms with Gasteiger partial charge in [-0.1, -0.05) is 41.4 Å². The third-order valence-corrected chi connectivity index (χ3v) is 8.46. The number of halogens is 2. The van der Waals surface area contributed by atoms with Crippen molar-refractivity contribution in [2.24, 2.45) is 11.7 Å². The van der Waals surface area contributed by atoms with Gasteiger partial charge in [0.25, 0.3) is 11.8 Å². The number of aromatic nitrogens is 1. The zero-order valence-corrected chi connectivity index (χ0v) is 25.6. The van der Waals surface area contributed by atoms with Crippen LogP contribution in [0.5, 0.6) is 5.75 Å². The number of nitrogens with one attached hydrogen (secondary N) is 1. The van der Waals surface area contributed by atoms with Crippen molar-refractivity contribution in [1.29, 1.82) is 0 Å². The molecule has 0 radical (unpaired) electrons. The number of amides is 3. The minimum absolute atomic E-state index is 0.0189. The van der Waals surface area contributed by atoms with Crippen LogP contribution in [0.1, 0.15) is 51.2 Å². The van der Waals surface area contributed by atoms with Gasteiger partial charge in [-0.2, -0.15) is 0 Å². The van der Waals surface area contributed by atoms with Crippen LogP contribution in [0.4, 0.5) is 11.4 Å². The van der Waals surface area contributed by atoms with Crippen LogP contribution in [-0.2, 0) is 17.6 Å². The van der Waals surface area contributed by atoms with E-state index in [4.69, 9.17) is 33.7 Å². The van der Waals surface area contributed by atoms with E-state index < -0.39 is 17.9 Å². The minimum atomic E-state index is -0.518. The fraction of sp³-hybridized carbons (Fsp3) is 0.235. The minimum Gasteiger partial charge on any atom is -0.496 e. The summed E-state index contributed by atoms with van der Waals surface area (Å²) >= 11 is 12.6. The summed E-state index contributed by atoms with van der Waals surface area (Å²) in [5.41, 5.74) is 9.31. The van der Waals surface area contributed by atoms with E-state index in [1.165, 1.54) is 7.11 Å². The predicted molar refractivity (Wildman–Crippen MR) is 173 cm³/mol. The summed E-state index contributed by atoms with van der Waals surface area (Å²) in [7, 11) is 1.46. The molecule has 2 unspecified atom stereocenters. The van der Waals surface area contributed by atoms with Gasteiger partial charge in [0.15, 0.2) is 0 Å². The Morgan fingerprint density at radius 3 is 2.52 bits per heavy atom. The fourth-order valence-electron chi connectivity index (χ4n) is 5.77. The molecular formula is C34H32Cl2N4O4. The normalized spacial score (nSPS) is 16.0. The Morgan fingerprint density at radius 1 is 1.00 bits per heavy atom. The SMILES string of the molecule is COc1cc(NC(=O)c2ccccc2Cl)ccc1C(=O)N1c2ccc(Cl)cc2CCC(CCc2ccccn2)C1CC(N)=O. The van der Waals surface area contributed by atoms with Crippen LogP contribution >= 0.6 is 23.2 Å². The number of nitrogens with two attached hydrogens (primary N) is 1. The fourth-order valence-corrected chi connectivity index (χ4v) is 6.19. The number of fused-ring (bicyclic) bond motifs is 1. The highest BCUT2D eigenvalue weighted by Gasteiger charge is 2.38. The van der Waals surface area contributed by atoms with Crippen LogP contribution < -0.4 is 20.7 Å². The second kappa shape index (κ2) is 13.9. The first-order chi connectivity index (χ1) is 21.2.